The molecule has 5 rings (SSSR count). The monoisotopic (exact) mass is 573 g/mol. The molecule has 8 nitrogen and oxygen atoms in total. The Morgan fingerprint density at radius 2 is 1.74 bits per heavy atom. The molecule has 2 heterocycles. The molecule has 0 radical (unpaired) electrons. The summed E-state index contributed by atoms with van der Waals surface area (Å²) in [5.74, 6) is 0. The van der Waals surface area contributed by atoms with Crippen LogP contribution in [0.1, 0.15) is 35.5 Å². The fraction of sp³-hybridized carbons (Fsp3) is 0.222. The van der Waals surface area contributed by atoms with Crippen molar-refractivity contribution in [2.45, 2.75) is 43.0 Å². The number of aliphatic hydroxyl groups is 1. The second kappa shape index (κ2) is 11.4. The minimum absolute atomic E-state index is 0.0499. The standard InChI is InChI=1S/C27H25Cl2N3O5S/c28-25-26(29)32(17-30-25)15-22-14-24(19-11-9-18(16-33)10-12-19)37-27(36-22)20-5-4-6-21(13-20)31-38(34,35)23-7-2-1-3-8-23/h1-13,17,22,24,27,31,33H,14-16H2/t22-,24+,27+/m1/s1. The molecule has 0 bridgehead atoms. The van der Waals surface area contributed by atoms with Crippen molar-refractivity contribution in [1.29, 1.82) is 0 Å². The lowest BCUT2D eigenvalue weighted by molar-refractivity contribution is -0.252. The topological polar surface area (TPSA) is 103 Å². The van der Waals surface area contributed by atoms with Crippen LogP contribution in [0.3, 0.4) is 0 Å². The van der Waals surface area contributed by atoms with Crippen LogP contribution in [0, 0.1) is 0 Å². The summed E-state index contributed by atoms with van der Waals surface area (Å²) in [4.78, 5) is 4.21. The highest BCUT2D eigenvalue weighted by atomic mass is 35.5. The zero-order valence-electron chi connectivity index (χ0n) is 20.1. The molecule has 38 heavy (non-hydrogen) atoms. The van der Waals surface area contributed by atoms with Crippen molar-refractivity contribution >= 4 is 38.9 Å². The Morgan fingerprint density at radius 3 is 2.42 bits per heavy atom. The number of rotatable bonds is 8. The van der Waals surface area contributed by atoms with Crippen molar-refractivity contribution < 1.29 is 23.0 Å². The van der Waals surface area contributed by atoms with Crippen LogP contribution < -0.4 is 4.72 Å². The second-order valence-electron chi connectivity index (χ2n) is 8.87. The molecule has 3 atom stereocenters. The number of aliphatic hydroxyl groups excluding tert-OH is 1. The lowest BCUT2D eigenvalue weighted by Crippen LogP contribution is -2.32. The highest BCUT2D eigenvalue weighted by Crippen LogP contribution is 2.39. The third-order valence-corrected chi connectivity index (χ3v) is 8.38. The minimum atomic E-state index is -3.76. The summed E-state index contributed by atoms with van der Waals surface area (Å²) in [6.07, 6.45) is 0.664. The van der Waals surface area contributed by atoms with Gasteiger partial charge in [0, 0.05) is 17.7 Å². The van der Waals surface area contributed by atoms with E-state index in [2.05, 4.69) is 9.71 Å². The van der Waals surface area contributed by atoms with E-state index >= 15 is 0 Å². The molecule has 1 fully saturated rings. The lowest BCUT2D eigenvalue weighted by Gasteiger charge is -2.36. The molecule has 1 saturated heterocycles. The first-order valence-corrected chi connectivity index (χ1v) is 14.1. The van der Waals surface area contributed by atoms with Gasteiger partial charge in [-0.15, -0.1) is 0 Å². The molecule has 198 valence electrons. The molecule has 1 aliphatic heterocycles. The first-order valence-electron chi connectivity index (χ1n) is 11.9. The number of imidazole rings is 1. The van der Waals surface area contributed by atoms with Gasteiger partial charge in [0.15, 0.2) is 11.4 Å². The third kappa shape index (κ3) is 6.04. The van der Waals surface area contributed by atoms with Crippen LogP contribution >= 0.6 is 23.2 Å². The molecule has 0 spiro atoms. The van der Waals surface area contributed by atoms with E-state index < -0.39 is 16.3 Å². The molecule has 3 aromatic carbocycles. The summed E-state index contributed by atoms with van der Waals surface area (Å²) in [5, 5.41) is 9.94. The first kappa shape index (κ1) is 26.7. The molecule has 2 N–H and O–H groups in total. The van der Waals surface area contributed by atoms with Gasteiger partial charge < -0.3 is 19.1 Å². The number of ether oxygens (including phenoxy) is 2. The summed E-state index contributed by atoms with van der Waals surface area (Å²) in [6, 6.07) is 22.6. The fourth-order valence-electron chi connectivity index (χ4n) is 4.28. The SMILES string of the molecule is O=S(=O)(Nc1cccc([C@H]2O[C@@H](Cn3cnc(Cl)c3Cl)C[C@@H](c3ccc(CO)cc3)O2)c1)c1ccccc1. The quantitative estimate of drug-likeness (QED) is 0.279. The van der Waals surface area contributed by atoms with Crippen LogP contribution in [0.4, 0.5) is 5.69 Å². The highest BCUT2D eigenvalue weighted by Gasteiger charge is 2.33. The van der Waals surface area contributed by atoms with Crippen LogP contribution in [0.5, 0.6) is 0 Å². The van der Waals surface area contributed by atoms with E-state index in [-0.39, 0.29) is 28.9 Å². The summed E-state index contributed by atoms with van der Waals surface area (Å²) in [7, 11) is -3.76. The van der Waals surface area contributed by atoms with Gasteiger partial charge in [-0.2, -0.15) is 0 Å². The number of benzene rings is 3. The third-order valence-electron chi connectivity index (χ3n) is 6.21. The summed E-state index contributed by atoms with van der Waals surface area (Å²) >= 11 is 12.3. The molecule has 0 amide bonds. The van der Waals surface area contributed by atoms with Crippen molar-refractivity contribution in [3.8, 4) is 0 Å². The van der Waals surface area contributed by atoms with E-state index in [9.17, 15) is 13.5 Å². The highest BCUT2D eigenvalue weighted by molar-refractivity contribution is 7.92. The largest absolute Gasteiger partial charge is 0.392 e. The van der Waals surface area contributed by atoms with Crippen LogP contribution in [-0.2, 0) is 32.6 Å². The predicted molar refractivity (Wildman–Crippen MR) is 144 cm³/mol. The van der Waals surface area contributed by atoms with Crippen LogP contribution in [0.25, 0.3) is 0 Å². The van der Waals surface area contributed by atoms with Gasteiger partial charge in [0.05, 0.1) is 36.6 Å². The van der Waals surface area contributed by atoms with Crippen LogP contribution in [0.15, 0.2) is 90.1 Å². The molecule has 1 aromatic heterocycles. The van der Waals surface area contributed by atoms with Crippen LogP contribution in [0.2, 0.25) is 10.3 Å². The average molecular weight is 574 g/mol. The minimum Gasteiger partial charge on any atom is -0.392 e. The second-order valence-corrected chi connectivity index (χ2v) is 11.3. The number of anilines is 1. The number of nitrogens with one attached hydrogen (secondary N) is 1. The molecule has 0 unspecified atom stereocenters. The average Bonchev–Trinajstić information content (AvgIpc) is 3.25. The Labute approximate surface area is 230 Å². The first-order chi connectivity index (χ1) is 18.3. The van der Waals surface area contributed by atoms with Gasteiger partial charge in [-0.1, -0.05) is 77.8 Å². The molecule has 0 saturated carbocycles. The van der Waals surface area contributed by atoms with Gasteiger partial charge in [0.1, 0.15) is 5.15 Å². The van der Waals surface area contributed by atoms with Gasteiger partial charge in [0.2, 0.25) is 0 Å². The number of hydrogen-bond acceptors (Lipinski definition) is 6. The van der Waals surface area contributed by atoms with E-state index in [1.807, 2.05) is 30.3 Å². The Kier molecular flexibility index (Phi) is 8.04. The maximum atomic E-state index is 12.8. The number of sulfonamides is 1. The maximum Gasteiger partial charge on any atom is 0.261 e. The van der Waals surface area contributed by atoms with E-state index in [0.717, 1.165) is 11.1 Å². The van der Waals surface area contributed by atoms with E-state index in [4.69, 9.17) is 32.7 Å². The maximum absolute atomic E-state index is 12.8. The van der Waals surface area contributed by atoms with Gasteiger partial charge in [-0.25, -0.2) is 13.4 Å². The predicted octanol–water partition coefficient (Wildman–Crippen LogP) is 5.73. The van der Waals surface area contributed by atoms with E-state index in [1.54, 1.807) is 47.3 Å². The number of nitrogens with zero attached hydrogens (tertiary/aromatic N) is 2. The Hall–Kier alpha value is -2.92. The number of hydrogen-bond donors (Lipinski definition) is 2. The molecular formula is C27H25Cl2N3O5S. The van der Waals surface area contributed by atoms with Gasteiger partial charge in [-0.05, 0) is 35.4 Å². The summed E-state index contributed by atoms with van der Waals surface area (Å²) in [6.45, 7) is 0.343. The molecular weight excluding hydrogens is 549 g/mol. The van der Waals surface area contributed by atoms with Crippen molar-refractivity contribution in [2.24, 2.45) is 0 Å². The molecule has 11 heteroatoms. The number of aromatic nitrogens is 2. The summed E-state index contributed by atoms with van der Waals surface area (Å²) in [5.41, 5.74) is 2.76. The van der Waals surface area contributed by atoms with Gasteiger partial charge >= 0.3 is 0 Å². The Balaban J connectivity index is 1.41. The summed E-state index contributed by atoms with van der Waals surface area (Å²) < 4.78 is 42.7. The normalized spacial score (nSPS) is 19.8. The Morgan fingerprint density at radius 1 is 0.974 bits per heavy atom. The van der Waals surface area contributed by atoms with Crippen molar-refractivity contribution in [1.82, 2.24) is 9.55 Å². The smallest absolute Gasteiger partial charge is 0.261 e. The van der Waals surface area contributed by atoms with E-state index in [0.29, 0.717) is 29.4 Å². The zero-order chi connectivity index (χ0) is 26.7. The van der Waals surface area contributed by atoms with E-state index in [1.165, 1.54) is 12.1 Å². The lowest BCUT2D eigenvalue weighted by atomic mass is 10.00. The van der Waals surface area contributed by atoms with Crippen molar-refractivity contribution in [3.63, 3.8) is 0 Å². The van der Waals surface area contributed by atoms with Crippen molar-refractivity contribution in [2.75, 3.05) is 4.72 Å². The Bertz CT molecular complexity index is 1500. The molecule has 4 aromatic rings. The van der Waals surface area contributed by atoms with Gasteiger partial charge in [0.25, 0.3) is 10.0 Å². The van der Waals surface area contributed by atoms with Crippen LogP contribution in [-0.4, -0.2) is 29.2 Å². The fourth-order valence-corrected chi connectivity index (χ4v) is 5.67. The van der Waals surface area contributed by atoms with Crippen molar-refractivity contribution in [3.05, 3.63) is 112 Å². The number of halogens is 2. The molecule has 0 aliphatic carbocycles. The van der Waals surface area contributed by atoms with Gasteiger partial charge in [-0.3, -0.25) is 4.72 Å². The zero-order valence-corrected chi connectivity index (χ0v) is 22.4. The molecule has 1 aliphatic rings.